The van der Waals surface area contributed by atoms with Gasteiger partial charge in [-0.15, -0.1) is 0 Å². The number of rotatable bonds is 6. The molecule has 0 radical (unpaired) electrons. The molecule has 0 unspecified atom stereocenters. The third-order valence-electron chi connectivity index (χ3n) is 4.34. The average molecular weight is 406 g/mol. The van der Waals surface area contributed by atoms with Crippen LogP contribution in [-0.4, -0.2) is 25.5 Å². The number of anilines is 1. The van der Waals surface area contributed by atoms with Crippen LogP contribution in [0.1, 0.15) is 30.3 Å². The zero-order chi connectivity index (χ0) is 19.6. The number of hydrogen-bond acceptors (Lipinski definition) is 3. The normalized spacial score (nSPS) is 11.0. The van der Waals surface area contributed by atoms with E-state index in [1.54, 1.807) is 33.8 Å². The summed E-state index contributed by atoms with van der Waals surface area (Å²) in [5.74, 6) is 0.589. The Hall–Kier alpha value is -2.31. The van der Waals surface area contributed by atoms with E-state index < -0.39 is 0 Å². The second-order valence-electron chi connectivity index (χ2n) is 6.32. The molecule has 3 aromatic rings. The predicted octanol–water partition coefficient (Wildman–Crippen LogP) is 4.58. The van der Waals surface area contributed by atoms with E-state index >= 15 is 0 Å². The molecule has 0 spiro atoms. The topological polar surface area (TPSA) is 64.7 Å². The fraction of sp³-hybridized carbons (Fsp3) is 0.316. The van der Waals surface area contributed by atoms with Crippen molar-refractivity contribution in [3.05, 3.63) is 57.5 Å². The van der Waals surface area contributed by atoms with Crippen LogP contribution in [-0.2, 0) is 17.8 Å². The zero-order valence-electron chi connectivity index (χ0n) is 15.5. The van der Waals surface area contributed by atoms with Crippen molar-refractivity contribution in [1.82, 2.24) is 19.6 Å². The molecule has 2 heterocycles. The van der Waals surface area contributed by atoms with Gasteiger partial charge in [-0.05, 0) is 38.5 Å². The first-order valence-electron chi connectivity index (χ1n) is 8.73. The Kier molecular flexibility index (Phi) is 5.87. The molecular formula is C19H21Cl2N5O. The first kappa shape index (κ1) is 19.5. The highest BCUT2D eigenvalue weighted by molar-refractivity contribution is 6.35. The number of nitrogens with one attached hydrogen (secondary N) is 1. The molecule has 142 valence electrons. The minimum Gasteiger partial charge on any atom is -0.311 e. The maximum atomic E-state index is 12.6. The number of aromatic nitrogens is 4. The minimum absolute atomic E-state index is 0.110. The standard InChI is InChI=1S/C19H21Cl2N5O/c1-4-9-25-18(7-8-22-25)23-19(27)11-15-12(2)24-26(13(15)3)17-6-5-14(20)10-16(17)21/h5-8,10H,4,9,11H2,1-3H3,(H,23,27). The highest BCUT2D eigenvalue weighted by atomic mass is 35.5. The summed E-state index contributed by atoms with van der Waals surface area (Å²) in [6, 6.07) is 7.05. The van der Waals surface area contributed by atoms with Crippen molar-refractivity contribution in [3.8, 4) is 5.69 Å². The number of halogens is 2. The number of carbonyl (C=O) groups excluding carboxylic acids is 1. The molecule has 1 amide bonds. The van der Waals surface area contributed by atoms with E-state index in [1.807, 2.05) is 19.9 Å². The molecule has 0 saturated heterocycles. The maximum absolute atomic E-state index is 12.6. The molecule has 6 nitrogen and oxygen atoms in total. The van der Waals surface area contributed by atoms with Gasteiger partial charge in [0.25, 0.3) is 0 Å². The van der Waals surface area contributed by atoms with E-state index in [0.29, 0.717) is 15.9 Å². The maximum Gasteiger partial charge on any atom is 0.230 e. The average Bonchev–Trinajstić information content (AvgIpc) is 3.15. The lowest BCUT2D eigenvalue weighted by atomic mass is 10.1. The summed E-state index contributed by atoms with van der Waals surface area (Å²) in [7, 11) is 0. The Morgan fingerprint density at radius 1 is 1.22 bits per heavy atom. The van der Waals surface area contributed by atoms with Gasteiger partial charge in [-0.1, -0.05) is 30.1 Å². The van der Waals surface area contributed by atoms with Crippen molar-refractivity contribution in [1.29, 1.82) is 0 Å². The lowest BCUT2D eigenvalue weighted by Gasteiger charge is -2.09. The third kappa shape index (κ3) is 4.17. The van der Waals surface area contributed by atoms with Crippen LogP contribution in [0, 0.1) is 13.8 Å². The van der Waals surface area contributed by atoms with Gasteiger partial charge in [0, 0.05) is 28.9 Å². The van der Waals surface area contributed by atoms with E-state index in [0.717, 1.165) is 35.6 Å². The second-order valence-corrected chi connectivity index (χ2v) is 7.17. The van der Waals surface area contributed by atoms with Crippen LogP contribution in [0.5, 0.6) is 0 Å². The van der Waals surface area contributed by atoms with Gasteiger partial charge in [-0.2, -0.15) is 10.2 Å². The lowest BCUT2D eigenvalue weighted by Crippen LogP contribution is -2.18. The zero-order valence-corrected chi connectivity index (χ0v) is 17.0. The number of nitrogens with zero attached hydrogens (tertiary/aromatic N) is 4. The molecule has 0 aliphatic rings. The summed E-state index contributed by atoms with van der Waals surface area (Å²) >= 11 is 12.3. The number of amides is 1. The molecule has 27 heavy (non-hydrogen) atoms. The van der Waals surface area contributed by atoms with E-state index in [1.165, 1.54) is 0 Å². The monoisotopic (exact) mass is 405 g/mol. The van der Waals surface area contributed by atoms with Gasteiger partial charge < -0.3 is 5.32 Å². The number of aryl methyl sites for hydroxylation is 2. The Morgan fingerprint density at radius 3 is 2.70 bits per heavy atom. The highest BCUT2D eigenvalue weighted by Crippen LogP contribution is 2.27. The smallest absolute Gasteiger partial charge is 0.230 e. The molecule has 1 N–H and O–H groups in total. The molecule has 0 aliphatic carbocycles. The van der Waals surface area contributed by atoms with Gasteiger partial charge in [0.1, 0.15) is 5.82 Å². The summed E-state index contributed by atoms with van der Waals surface area (Å²) in [6.07, 6.45) is 2.85. The summed E-state index contributed by atoms with van der Waals surface area (Å²) in [5, 5.41) is 12.8. The fourth-order valence-corrected chi connectivity index (χ4v) is 3.48. The van der Waals surface area contributed by atoms with E-state index in [4.69, 9.17) is 23.2 Å². The van der Waals surface area contributed by atoms with Crippen molar-refractivity contribution in [2.24, 2.45) is 0 Å². The first-order valence-corrected chi connectivity index (χ1v) is 9.48. The van der Waals surface area contributed by atoms with Crippen molar-refractivity contribution >= 4 is 34.9 Å². The summed E-state index contributed by atoms with van der Waals surface area (Å²) in [5.41, 5.74) is 3.26. The quantitative estimate of drug-likeness (QED) is 0.652. The molecule has 0 aliphatic heterocycles. The van der Waals surface area contributed by atoms with Crippen LogP contribution in [0.25, 0.3) is 5.69 Å². The van der Waals surface area contributed by atoms with Gasteiger partial charge in [0.05, 0.1) is 29.0 Å². The summed E-state index contributed by atoms with van der Waals surface area (Å²) < 4.78 is 3.53. The lowest BCUT2D eigenvalue weighted by molar-refractivity contribution is -0.115. The molecule has 2 aromatic heterocycles. The summed E-state index contributed by atoms with van der Waals surface area (Å²) in [6.45, 7) is 6.64. The molecule has 0 bridgehead atoms. The first-order chi connectivity index (χ1) is 12.9. The van der Waals surface area contributed by atoms with E-state index in [-0.39, 0.29) is 12.3 Å². The van der Waals surface area contributed by atoms with E-state index in [9.17, 15) is 4.79 Å². The van der Waals surface area contributed by atoms with Crippen molar-refractivity contribution in [2.75, 3.05) is 5.32 Å². The largest absolute Gasteiger partial charge is 0.311 e. The summed E-state index contributed by atoms with van der Waals surface area (Å²) in [4.78, 5) is 12.6. The molecule has 3 rings (SSSR count). The van der Waals surface area contributed by atoms with Crippen molar-refractivity contribution in [2.45, 2.75) is 40.2 Å². The van der Waals surface area contributed by atoms with Crippen molar-refractivity contribution in [3.63, 3.8) is 0 Å². The van der Waals surface area contributed by atoms with Gasteiger partial charge >= 0.3 is 0 Å². The minimum atomic E-state index is -0.110. The van der Waals surface area contributed by atoms with Gasteiger partial charge in [0.2, 0.25) is 5.91 Å². The second kappa shape index (κ2) is 8.15. The predicted molar refractivity (Wildman–Crippen MR) is 108 cm³/mol. The molecule has 0 saturated carbocycles. The van der Waals surface area contributed by atoms with Crippen LogP contribution in [0.3, 0.4) is 0 Å². The molecule has 0 fully saturated rings. The van der Waals surface area contributed by atoms with Crippen LogP contribution in [0.4, 0.5) is 5.82 Å². The molecule has 8 heteroatoms. The van der Waals surface area contributed by atoms with Crippen LogP contribution in [0.2, 0.25) is 10.0 Å². The van der Waals surface area contributed by atoms with Crippen molar-refractivity contribution < 1.29 is 4.79 Å². The molecule has 0 atom stereocenters. The Bertz CT molecular complexity index is 977. The Balaban J connectivity index is 1.82. The van der Waals surface area contributed by atoms with Gasteiger partial charge in [0.15, 0.2) is 0 Å². The Labute approximate surface area is 168 Å². The number of benzene rings is 1. The highest BCUT2D eigenvalue weighted by Gasteiger charge is 2.18. The van der Waals surface area contributed by atoms with E-state index in [2.05, 4.69) is 22.4 Å². The Morgan fingerprint density at radius 2 is 2.00 bits per heavy atom. The van der Waals surface area contributed by atoms with Crippen LogP contribution >= 0.6 is 23.2 Å². The van der Waals surface area contributed by atoms with Crippen LogP contribution < -0.4 is 5.32 Å². The fourth-order valence-electron chi connectivity index (χ4n) is 2.99. The van der Waals surface area contributed by atoms with Gasteiger partial charge in [-0.25, -0.2) is 9.36 Å². The number of hydrogen-bond donors (Lipinski definition) is 1. The molecular weight excluding hydrogens is 385 g/mol. The molecule has 1 aromatic carbocycles. The van der Waals surface area contributed by atoms with Gasteiger partial charge in [-0.3, -0.25) is 4.79 Å². The SMILES string of the molecule is CCCn1nccc1NC(=O)Cc1c(C)nn(-c2ccc(Cl)cc2Cl)c1C. The number of carbonyl (C=O) groups is 1. The van der Waals surface area contributed by atoms with Crippen LogP contribution in [0.15, 0.2) is 30.5 Å². The third-order valence-corrected chi connectivity index (χ3v) is 4.87.